The van der Waals surface area contributed by atoms with Crippen LogP contribution < -0.4 is 5.32 Å². The fraction of sp³-hybridized carbons (Fsp3) is 0.692. The van der Waals surface area contributed by atoms with Crippen molar-refractivity contribution < 1.29 is 4.42 Å². The second-order valence-electron chi connectivity index (χ2n) is 5.53. The van der Waals surface area contributed by atoms with E-state index in [2.05, 4.69) is 35.1 Å². The van der Waals surface area contributed by atoms with E-state index in [-0.39, 0.29) is 0 Å². The van der Waals surface area contributed by atoms with Gasteiger partial charge in [0.25, 0.3) is 0 Å². The normalized spacial score (nSPS) is 21.2. The first kappa shape index (κ1) is 12.2. The van der Waals surface area contributed by atoms with E-state index in [4.69, 9.17) is 4.42 Å². The summed E-state index contributed by atoms with van der Waals surface area (Å²) in [7, 11) is 0. The monoisotopic (exact) mass is 285 g/mol. The van der Waals surface area contributed by atoms with Crippen molar-refractivity contribution in [1.82, 2.24) is 5.32 Å². The summed E-state index contributed by atoms with van der Waals surface area (Å²) in [5.74, 6) is 1.01. The average molecular weight is 286 g/mol. The largest absolute Gasteiger partial charge is 0.453 e. The molecule has 0 bridgehead atoms. The van der Waals surface area contributed by atoms with Crippen molar-refractivity contribution in [1.29, 1.82) is 0 Å². The highest BCUT2D eigenvalue weighted by Gasteiger charge is 2.26. The summed E-state index contributed by atoms with van der Waals surface area (Å²) in [4.78, 5) is 0. The Balaban J connectivity index is 1.75. The highest BCUT2D eigenvalue weighted by atomic mass is 79.9. The second-order valence-corrected chi connectivity index (χ2v) is 6.31. The summed E-state index contributed by atoms with van der Waals surface area (Å²) < 4.78 is 6.28. The van der Waals surface area contributed by atoms with Gasteiger partial charge in [-0.1, -0.05) is 13.8 Å². The minimum atomic E-state index is 0.548. The van der Waals surface area contributed by atoms with Gasteiger partial charge in [-0.05, 0) is 59.2 Å². The summed E-state index contributed by atoms with van der Waals surface area (Å²) in [6, 6.07) is 4.63. The molecular formula is C13H20BrNO. The van der Waals surface area contributed by atoms with Crippen molar-refractivity contribution >= 4 is 15.9 Å². The maximum atomic E-state index is 5.47. The van der Waals surface area contributed by atoms with Crippen LogP contribution in [-0.4, -0.2) is 6.04 Å². The van der Waals surface area contributed by atoms with E-state index < -0.39 is 0 Å². The zero-order valence-corrected chi connectivity index (χ0v) is 11.6. The third kappa shape index (κ3) is 3.36. The molecule has 16 heavy (non-hydrogen) atoms. The van der Waals surface area contributed by atoms with Crippen LogP contribution in [0.2, 0.25) is 0 Å². The van der Waals surface area contributed by atoms with Gasteiger partial charge in [0.1, 0.15) is 5.76 Å². The summed E-state index contributed by atoms with van der Waals surface area (Å²) >= 11 is 3.32. The number of rotatable bonds is 3. The van der Waals surface area contributed by atoms with Gasteiger partial charge in [0.15, 0.2) is 4.67 Å². The van der Waals surface area contributed by atoms with E-state index in [9.17, 15) is 0 Å². The zero-order chi connectivity index (χ0) is 11.6. The summed E-state index contributed by atoms with van der Waals surface area (Å²) in [6.45, 7) is 5.58. The molecule has 1 fully saturated rings. The Morgan fingerprint density at radius 1 is 1.38 bits per heavy atom. The molecule has 2 rings (SSSR count). The van der Waals surface area contributed by atoms with Crippen molar-refractivity contribution in [3.8, 4) is 0 Å². The Morgan fingerprint density at radius 3 is 2.62 bits per heavy atom. The molecule has 0 saturated heterocycles. The van der Waals surface area contributed by atoms with Gasteiger partial charge in [-0.15, -0.1) is 0 Å². The van der Waals surface area contributed by atoms with Crippen LogP contribution in [0.4, 0.5) is 0 Å². The molecule has 0 spiro atoms. The molecule has 0 unspecified atom stereocenters. The lowest BCUT2D eigenvalue weighted by molar-refractivity contribution is 0.204. The first-order valence-electron chi connectivity index (χ1n) is 6.03. The number of halogens is 1. The SMILES string of the molecule is CC1(C)CCC(NCc2ccc(Br)o2)CC1. The molecule has 2 nitrogen and oxygen atoms in total. The molecule has 0 aliphatic heterocycles. The van der Waals surface area contributed by atoms with Crippen LogP contribution in [0.5, 0.6) is 0 Å². The molecule has 1 heterocycles. The summed E-state index contributed by atoms with van der Waals surface area (Å²) in [6.07, 6.45) is 5.22. The molecular weight excluding hydrogens is 266 g/mol. The van der Waals surface area contributed by atoms with Gasteiger partial charge >= 0.3 is 0 Å². The highest BCUT2D eigenvalue weighted by molar-refractivity contribution is 9.10. The standard InChI is InChI=1S/C13H20BrNO/c1-13(2)7-5-10(6-8-13)15-9-11-3-4-12(14)16-11/h3-4,10,15H,5-9H2,1-2H3. The van der Waals surface area contributed by atoms with E-state index >= 15 is 0 Å². The lowest BCUT2D eigenvalue weighted by atomic mass is 9.75. The van der Waals surface area contributed by atoms with E-state index in [0.29, 0.717) is 11.5 Å². The van der Waals surface area contributed by atoms with Gasteiger partial charge in [-0.2, -0.15) is 0 Å². The molecule has 0 atom stereocenters. The van der Waals surface area contributed by atoms with Crippen LogP contribution >= 0.6 is 15.9 Å². The van der Waals surface area contributed by atoms with Crippen LogP contribution in [0.15, 0.2) is 21.2 Å². The molecule has 1 saturated carbocycles. The molecule has 0 aromatic carbocycles. The molecule has 90 valence electrons. The van der Waals surface area contributed by atoms with E-state index in [1.807, 2.05) is 12.1 Å². The molecule has 0 amide bonds. The molecule has 0 radical (unpaired) electrons. The first-order chi connectivity index (χ1) is 7.55. The van der Waals surface area contributed by atoms with Crippen LogP contribution in [0.1, 0.15) is 45.3 Å². The van der Waals surface area contributed by atoms with Gasteiger partial charge in [0.2, 0.25) is 0 Å². The lowest BCUT2D eigenvalue weighted by Gasteiger charge is -2.34. The van der Waals surface area contributed by atoms with Gasteiger partial charge in [-0.25, -0.2) is 0 Å². The fourth-order valence-electron chi connectivity index (χ4n) is 2.30. The Kier molecular flexibility index (Phi) is 3.75. The third-order valence-corrected chi connectivity index (χ3v) is 3.96. The number of furan rings is 1. The predicted octanol–water partition coefficient (Wildman–Crippen LogP) is 4.10. The first-order valence-corrected chi connectivity index (χ1v) is 6.82. The number of nitrogens with one attached hydrogen (secondary N) is 1. The molecule has 1 aromatic heterocycles. The quantitative estimate of drug-likeness (QED) is 0.905. The Hall–Kier alpha value is -0.280. The minimum Gasteiger partial charge on any atom is -0.453 e. The van der Waals surface area contributed by atoms with Gasteiger partial charge < -0.3 is 9.73 Å². The van der Waals surface area contributed by atoms with Crippen LogP contribution in [0.3, 0.4) is 0 Å². The van der Waals surface area contributed by atoms with Crippen molar-refractivity contribution in [2.75, 3.05) is 0 Å². The van der Waals surface area contributed by atoms with Gasteiger partial charge in [-0.3, -0.25) is 0 Å². The lowest BCUT2D eigenvalue weighted by Crippen LogP contribution is -2.35. The zero-order valence-electron chi connectivity index (χ0n) is 10.1. The molecule has 3 heteroatoms. The highest BCUT2D eigenvalue weighted by Crippen LogP contribution is 2.35. The van der Waals surface area contributed by atoms with Crippen molar-refractivity contribution in [3.63, 3.8) is 0 Å². The van der Waals surface area contributed by atoms with E-state index in [0.717, 1.165) is 17.0 Å². The van der Waals surface area contributed by atoms with Crippen LogP contribution in [0, 0.1) is 5.41 Å². The van der Waals surface area contributed by atoms with Crippen molar-refractivity contribution in [2.24, 2.45) is 5.41 Å². The van der Waals surface area contributed by atoms with Gasteiger partial charge in [0.05, 0.1) is 6.54 Å². The Morgan fingerprint density at radius 2 is 2.06 bits per heavy atom. The minimum absolute atomic E-state index is 0.548. The molecule has 1 aliphatic carbocycles. The maximum Gasteiger partial charge on any atom is 0.169 e. The maximum absolute atomic E-state index is 5.47. The molecule has 1 aliphatic rings. The Labute approximate surface area is 106 Å². The summed E-state index contributed by atoms with van der Waals surface area (Å²) in [5.41, 5.74) is 0.548. The smallest absolute Gasteiger partial charge is 0.169 e. The van der Waals surface area contributed by atoms with Crippen molar-refractivity contribution in [2.45, 2.75) is 52.1 Å². The van der Waals surface area contributed by atoms with Crippen LogP contribution in [-0.2, 0) is 6.54 Å². The van der Waals surface area contributed by atoms with Crippen LogP contribution in [0.25, 0.3) is 0 Å². The third-order valence-electron chi connectivity index (χ3n) is 3.53. The van der Waals surface area contributed by atoms with Crippen molar-refractivity contribution in [3.05, 3.63) is 22.6 Å². The molecule has 1 aromatic rings. The average Bonchev–Trinajstić information content (AvgIpc) is 2.63. The van der Waals surface area contributed by atoms with Gasteiger partial charge in [0, 0.05) is 6.04 Å². The number of hydrogen-bond acceptors (Lipinski definition) is 2. The fourth-order valence-corrected chi connectivity index (χ4v) is 2.64. The molecule has 1 N–H and O–H groups in total. The second kappa shape index (κ2) is 4.92. The Bertz CT molecular complexity index is 335. The van der Waals surface area contributed by atoms with E-state index in [1.54, 1.807) is 0 Å². The van der Waals surface area contributed by atoms with E-state index in [1.165, 1.54) is 25.7 Å². The summed E-state index contributed by atoms with van der Waals surface area (Å²) in [5, 5.41) is 3.57. The topological polar surface area (TPSA) is 25.2 Å². The number of hydrogen-bond donors (Lipinski definition) is 1. The predicted molar refractivity (Wildman–Crippen MR) is 69.3 cm³/mol.